The highest BCUT2D eigenvalue weighted by Gasteiger charge is 2.66. The molecule has 0 amide bonds. The van der Waals surface area contributed by atoms with Gasteiger partial charge in [-0.3, -0.25) is 9.59 Å². The van der Waals surface area contributed by atoms with Crippen LogP contribution in [-0.4, -0.2) is 22.2 Å². The molecule has 0 unspecified atom stereocenters. The molecule has 1 aliphatic carbocycles. The second kappa shape index (κ2) is 4.56. The fourth-order valence-corrected chi connectivity index (χ4v) is 3.91. The third-order valence-electron chi connectivity index (χ3n) is 4.88. The van der Waals surface area contributed by atoms with Crippen LogP contribution in [0.1, 0.15) is 59.8 Å². The van der Waals surface area contributed by atoms with E-state index in [4.69, 9.17) is 0 Å². The van der Waals surface area contributed by atoms with Gasteiger partial charge < -0.3 is 10.2 Å². The molecule has 2 N–H and O–H groups in total. The SMILES string of the molecule is CC[C@]1(C(=O)O)CCCC[C@@]1(C(=O)O)C(C)(C)C. The molecule has 4 nitrogen and oxygen atoms in total. The highest BCUT2D eigenvalue weighted by Crippen LogP contribution is 2.61. The van der Waals surface area contributed by atoms with E-state index in [1.807, 2.05) is 20.8 Å². The minimum Gasteiger partial charge on any atom is -0.481 e. The van der Waals surface area contributed by atoms with Gasteiger partial charge in [-0.25, -0.2) is 0 Å². The van der Waals surface area contributed by atoms with E-state index in [0.717, 1.165) is 12.8 Å². The fraction of sp³-hybridized carbons (Fsp3) is 0.857. The van der Waals surface area contributed by atoms with E-state index < -0.39 is 28.2 Å². The zero-order chi connectivity index (χ0) is 14.2. The number of carboxylic acids is 2. The van der Waals surface area contributed by atoms with E-state index in [-0.39, 0.29) is 0 Å². The van der Waals surface area contributed by atoms with Crippen LogP contribution in [0.4, 0.5) is 0 Å². The Bertz CT molecular complexity index is 355. The molecule has 0 heterocycles. The Morgan fingerprint density at radius 1 is 1.06 bits per heavy atom. The van der Waals surface area contributed by atoms with Crippen molar-refractivity contribution in [1.82, 2.24) is 0 Å². The molecule has 1 aliphatic rings. The van der Waals surface area contributed by atoms with E-state index in [2.05, 4.69) is 0 Å². The first kappa shape index (κ1) is 15.0. The maximum Gasteiger partial charge on any atom is 0.311 e. The quantitative estimate of drug-likeness (QED) is 0.813. The fourth-order valence-electron chi connectivity index (χ4n) is 3.91. The van der Waals surface area contributed by atoms with Crippen LogP contribution in [0.15, 0.2) is 0 Å². The number of hydrogen-bond donors (Lipinski definition) is 2. The van der Waals surface area contributed by atoms with Gasteiger partial charge in [0.15, 0.2) is 0 Å². The van der Waals surface area contributed by atoms with Gasteiger partial charge in [0.25, 0.3) is 0 Å². The van der Waals surface area contributed by atoms with Gasteiger partial charge in [-0.15, -0.1) is 0 Å². The smallest absolute Gasteiger partial charge is 0.311 e. The van der Waals surface area contributed by atoms with Gasteiger partial charge in [0.2, 0.25) is 0 Å². The van der Waals surface area contributed by atoms with Gasteiger partial charge >= 0.3 is 11.9 Å². The molecule has 4 heteroatoms. The molecule has 0 aromatic carbocycles. The van der Waals surface area contributed by atoms with Crippen LogP contribution in [0.2, 0.25) is 0 Å². The summed E-state index contributed by atoms with van der Waals surface area (Å²) in [5.74, 6) is -1.92. The first-order chi connectivity index (χ1) is 8.15. The van der Waals surface area contributed by atoms with E-state index in [1.165, 1.54) is 0 Å². The zero-order valence-electron chi connectivity index (χ0n) is 11.7. The molecule has 0 aromatic heterocycles. The van der Waals surface area contributed by atoms with Gasteiger partial charge in [0, 0.05) is 0 Å². The Hall–Kier alpha value is -1.06. The van der Waals surface area contributed by atoms with Gasteiger partial charge in [0.1, 0.15) is 0 Å². The number of aliphatic carboxylic acids is 2. The van der Waals surface area contributed by atoms with Crippen molar-refractivity contribution in [3.05, 3.63) is 0 Å². The average molecular weight is 256 g/mol. The summed E-state index contributed by atoms with van der Waals surface area (Å²) in [5.41, 5.74) is -2.90. The standard InChI is InChI=1S/C14H24O4/c1-5-13(10(15)16)8-6-7-9-14(13,11(17)18)12(2,3)4/h5-9H2,1-4H3,(H,15,16)(H,17,18)/t13-,14-/m1/s1. The first-order valence-corrected chi connectivity index (χ1v) is 6.62. The molecule has 0 aromatic rings. The van der Waals surface area contributed by atoms with Crippen LogP contribution in [0.5, 0.6) is 0 Å². The molecule has 1 saturated carbocycles. The molecule has 0 radical (unpaired) electrons. The maximum absolute atomic E-state index is 11.9. The van der Waals surface area contributed by atoms with Crippen molar-refractivity contribution >= 4 is 11.9 Å². The number of carbonyl (C=O) groups is 2. The van der Waals surface area contributed by atoms with Crippen molar-refractivity contribution in [3.8, 4) is 0 Å². The van der Waals surface area contributed by atoms with Crippen molar-refractivity contribution in [2.75, 3.05) is 0 Å². The topological polar surface area (TPSA) is 74.6 Å². The van der Waals surface area contributed by atoms with Gasteiger partial charge in [0.05, 0.1) is 10.8 Å². The Kier molecular flexibility index (Phi) is 3.80. The molecule has 0 saturated heterocycles. The highest BCUT2D eigenvalue weighted by molar-refractivity contribution is 5.87. The first-order valence-electron chi connectivity index (χ1n) is 6.62. The largest absolute Gasteiger partial charge is 0.481 e. The second-order valence-corrected chi connectivity index (χ2v) is 6.41. The van der Waals surface area contributed by atoms with E-state index in [9.17, 15) is 19.8 Å². The summed E-state index contributed by atoms with van der Waals surface area (Å²) in [6.07, 6.45) is 2.87. The van der Waals surface area contributed by atoms with E-state index in [0.29, 0.717) is 19.3 Å². The van der Waals surface area contributed by atoms with Crippen molar-refractivity contribution in [2.24, 2.45) is 16.2 Å². The molecule has 1 fully saturated rings. The molecule has 1 rings (SSSR count). The Balaban J connectivity index is 3.53. The predicted molar refractivity (Wildman–Crippen MR) is 68.4 cm³/mol. The Morgan fingerprint density at radius 2 is 1.56 bits per heavy atom. The lowest BCUT2D eigenvalue weighted by Gasteiger charge is -2.54. The number of carboxylic acid groups (broad SMARTS) is 2. The van der Waals surface area contributed by atoms with Gasteiger partial charge in [-0.2, -0.15) is 0 Å². The number of rotatable bonds is 3. The van der Waals surface area contributed by atoms with Crippen molar-refractivity contribution in [1.29, 1.82) is 0 Å². The summed E-state index contributed by atoms with van der Waals surface area (Å²) in [6, 6.07) is 0. The monoisotopic (exact) mass is 256 g/mol. The summed E-state index contributed by atoms with van der Waals surface area (Å²) in [6.45, 7) is 7.34. The second-order valence-electron chi connectivity index (χ2n) is 6.41. The summed E-state index contributed by atoms with van der Waals surface area (Å²) in [4.78, 5) is 23.7. The lowest BCUT2D eigenvalue weighted by Crippen LogP contribution is -2.60. The minimum absolute atomic E-state index is 0.367. The third kappa shape index (κ3) is 1.73. The Morgan fingerprint density at radius 3 is 1.83 bits per heavy atom. The summed E-state index contributed by atoms with van der Waals surface area (Å²) in [5, 5.41) is 19.4. The van der Waals surface area contributed by atoms with Crippen LogP contribution in [0.25, 0.3) is 0 Å². The van der Waals surface area contributed by atoms with Crippen molar-refractivity contribution in [2.45, 2.75) is 59.8 Å². The van der Waals surface area contributed by atoms with Gasteiger partial charge in [-0.1, -0.05) is 40.5 Å². The predicted octanol–water partition coefficient (Wildman–Crippen LogP) is 3.16. The summed E-state index contributed by atoms with van der Waals surface area (Å²) in [7, 11) is 0. The molecular weight excluding hydrogens is 232 g/mol. The van der Waals surface area contributed by atoms with Crippen LogP contribution in [0.3, 0.4) is 0 Å². The maximum atomic E-state index is 11.9. The van der Waals surface area contributed by atoms with E-state index >= 15 is 0 Å². The van der Waals surface area contributed by atoms with Crippen LogP contribution < -0.4 is 0 Å². The Labute approximate surface area is 108 Å². The van der Waals surface area contributed by atoms with Crippen LogP contribution >= 0.6 is 0 Å². The molecule has 0 aliphatic heterocycles. The molecule has 0 bridgehead atoms. The molecule has 18 heavy (non-hydrogen) atoms. The lowest BCUT2D eigenvalue weighted by atomic mass is 9.46. The average Bonchev–Trinajstić information content (AvgIpc) is 2.26. The normalized spacial score (nSPS) is 33.1. The minimum atomic E-state index is -1.18. The highest BCUT2D eigenvalue weighted by atomic mass is 16.4. The molecule has 104 valence electrons. The third-order valence-corrected chi connectivity index (χ3v) is 4.88. The van der Waals surface area contributed by atoms with Gasteiger partial charge in [-0.05, 0) is 24.7 Å². The van der Waals surface area contributed by atoms with Crippen LogP contribution in [0, 0.1) is 16.2 Å². The van der Waals surface area contributed by atoms with Crippen LogP contribution in [-0.2, 0) is 9.59 Å². The zero-order valence-corrected chi connectivity index (χ0v) is 11.7. The van der Waals surface area contributed by atoms with Crippen molar-refractivity contribution < 1.29 is 19.8 Å². The number of hydrogen-bond acceptors (Lipinski definition) is 2. The lowest BCUT2D eigenvalue weighted by molar-refractivity contribution is -0.195. The van der Waals surface area contributed by atoms with Crippen molar-refractivity contribution in [3.63, 3.8) is 0 Å². The summed E-state index contributed by atoms with van der Waals surface area (Å²) < 4.78 is 0. The molecular formula is C14H24O4. The molecule has 2 atom stereocenters. The molecule has 0 spiro atoms. The van der Waals surface area contributed by atoms with E-state index in [1.54, 1.807) is 6.92 Å². The summed E-state index contributed by atoms with van der Waals surface area (Å²) >= 11 is 0.